The van der Waals surface area contributed by atoms with Crippen molar-refractivity contribution in [3.8, 4) is 0 Å². The van der Waals surface area contributed by atoms with Crippen LogP contribution in [0.15, 0.2) is 22.7 Å². The number of hydrogen-bond acceptors (Lipinski definition) is 5. The topological polar surface area (TPSA) is 67.3 Å². The molecule has 3 heterocycles. The maximum absolute atomic E-state index is 9.49. The van der Waals surface area contributed by atoms with Gasteiger partial charge in [-0.15, -0.1) is 5.10 Å². The van der Waals surface area contributed by atoms with Crippen molar-refractivity contribution in [1.82, 2.24) is 19.9 Å². The van der Waals surface area contributed by atoms with Crippen molar-refractivity contribution in [2.75, 3.05) is 13.1 Å². The molecule has 0 amide bonds. The normalized spacial score (nSPS) is 17.7. The third-order valence-electron chi connectivity index (χ3n) is 3.64. The number of piperidine rings is 1. The number of nitrogens with zero attached hydrogens (tertiary/aromatic N) is 4. The second-order valence-corrected chi connectivity index (χ2v) is 5.43. The first-order chi connectivity index (χ1) is 9.69. The highest BCUT2D eigenvalue weighted by Crippen LogP contribution is 2.13. The molecule has 0 atom stereocenters. The second-order valence-electron chi connectivity index (χ2n) is 5.43. The summed E-state index contributed by atoms with van der Waals surface area (Å²) in [6, 6.07) is 3.91. The van der Waals surface area contributed by atoms with Gasteiger partial charge in [-0.1, -0.05) is 5.21 Å². The van der Waals surface area contributed by atoms with E-state index in [0.717, 1.165) is 49.7 Å². The number of rotatable bonds is 4. The highest BCUT2D eigenvalue weighted by atomic mass is 16.3. The maximum atomic E-state index is 9.49. The molecule has 108 valence electrons. The van der Waals surface area contributed by atoms with Crippen LogP contribution in [-0.2, 0) is 13.1 Å². The summed E-state index contributed by atoms with van der Waals surface area (Å²) in [6.45, 7) is 5.18. The van der Waals surface area contributed by atoms with Gasteiger partial charge < -0.3 is 9.52 Å². The largest absolute Gasteiger partial charge is 0.464 e. The lowest BCUT2D eigenvalue weighted by Crippen LogP contribution is -2.35. The monoisotopic (exact) mass is 276 g/mol. The fourth-order valence-corrected chi connectivity index (χ4v) is 2.52. The molecule has 0 spiro atoms. The van der Waals surface area contributed by atoms with E-state index < -0.39 is 0 Å². The minimum Gasteiger partial charge on any atom is -0.464 e. The Morgan fingerprint density at radius 3 is 2.80 bits per heavy atom. The van der Waals surface area contributed by atoms with Gasteiger partial charge in [0.25, 0.3) is 0 Å². The Bertz CT molecular complexity index is 555. The summed E-state index contributed by atoms with van der Waals surface area (Å²) in [5.41, 5.74) is 0.963. The number of aromatic nitrogens is 3. The van der Waals surface area contributed by atoms with Crippen LogP contribution in [0.25, 0.3) is 0 Å². The van der Waals surface area contributed by atoms with Crippen LogP contribution in [0.3, 0.4) is 0 Å². The van der Waals surface area contributed by atoms with Crippen LogP contribution in [0.4, 0.5) is 0 Å². The van der Waals surface area contributed by atoms with Gasteiger partial charge in [0.1, 0.15) is 18.1 Å². The molecule has 0 radical (unpaired) electrons. The number of furan rings is 1. The van der Waals surface area contributed by atoms with Crippen molar-refractivity contribution in [3.63, 3.8) is 0 Å². The van der Waals surface area contributed by atoms with E-state index in [4.69, 9.17) is 4.42 Å². The maximum Gasteiger partial charge on any atom is 0.125 e. The van der Waals surface area contributed by atoms with E-state index in [0.29, 0.717) is 6.54 Å². The molecule has 3 rings (SSSR count). The fraction of sp³-hybridized carbons (Fsp3) is 0.571. The smallest absolute Gasteiger partial charge is 0.125 e. The number of aryl methyl sites for hydroxylation is 1. The fourth-order valence-electron chi connectivity index (χ4n) is 2.52. The van der Waals surface area contributed by atoms with E-state index in [2.05, 4.69) is 15.2 Å². The zero-order chi connectivity index (χ0) is 13.9. The minimum atomic E-state index is -0.135. The average Bonchev–Trinajstić information content (AvgIpc) is 3.02. The van der Waals surface area contributed by atoms with Gasteiger partial charge >= 0.3 is 0 Å². The Labute approximate surface area is 118 Å². The molecule has 0 unspecified atom stereocenters. The van der Waals surface area contributed by atoms with Gasteiger partial charge in [0.15, 0.2) is 0 Å². The molecule has 0 bridgehead atoms. The van der Waals surface area contributed by atoms with Crippen molar-refractivity contribution < 1.29 is 9.52 Å². The zero-order valence-corrected chi connectivity index (χ0v) is 11.7. The SMILES string of the molecule is Cc1ccc(Cn2cc(CN3CCC(O)CC3)nn2)o1. The summed E-state index contributed by atoms with van der Waals surface area (Å²) in [7, 11) is 0. The summed E-state index contributed by atoms with van der Waals surface area (Å²) in [6.07, 6.45) is 3.52. The van der Waals surface area contributed by atoms with Crippen molar-refractivity contribution in [3.05, 3.63) is 35.5 Å². The summed E-state index contributed by atoms with van der Waals surface area (Å²) < 4.78 is 7.33. The van der Waals surface area contributed by atoms with Crippen molar-refractivity contribution in [1.29, 1.82) is 0 Å². The van der Waals surface area contributed by atoms with Gasteiger partial charge in [-0.3, -0.25) is 4.90 Å². The predicted octanol–water partition coefficient (Wildman–Crippen LogP) is 1.18. The van der Waals surface area contributed by atoms with Gasteiger partial charge in [-0.2, -0.15) is 0 Å². The van der Waals surface area contributed by atoms with Crippen LogP contribution in [0.5, 0.6) is 0 Å². The van der Waals surface area contributed by atoms with E-state index in [-0.39, 0.29) is 6.10 Å². The van der Waals surface area contributed by atoms with Crippen LogP contribution in [0.2, 0.25) is 0 Å². The Morgan fingerprint density at radius 1 is 1.30 bits per heavy atom. The molecule has 6 nitrogen and oxygen atoms in total. The van der Waals surface area contributed by atoms with Crippen molar-refractivity contribution in [2.24, 2.45) is 0 Å². The molecule has 6 heteroatoms. The molecular formula is C14H20N4O2. The molecule has 0 aliphatic carbocycles. The summed E-state index contributed by atoms with van der Waals surface area (Å²) >= 11 is 0. The van der Waals surface area contributed by atoms with Crippen molar-refractivity contribution in [2.45, 2.75) is 39.0 Å². The van der Waals surface area contributed by atoms with Gasteiger partial charge in [0, 0.05) is 19.6 Å². The van der Waals surface area contributed by atoms with E-state index in [9.17, 15) is 5.11 Å². The Hall–Kier alpha value is -1.66. The molecule has 20 heavy (non-hydrogen) atoms. The van der Waals surface area contributed by atoms with Crippen LogP contribution in [0, 0.1) is 6.92 Å². The molecular weight excluding hydrogens is 256 g/mol. The van der Waals surface area contributed by atoms with Crippen LogP contribution in [-0.4, -0.2) is 44.2 Å². The second kappa shape index (κ2) is 5.76. The summed E-state index contributed by atoms with van der Waals surface area (Å²) in [5.74, 6) is 1.80. The molecule has 0 aromatic carbocycles. The third-order valence-corrected chi connectivity index (χ3v) is 3.64. The standard InChI is InChI=1S/C14H20N4O2/c1-11-2-3-14(20-11)10-18-9-12(15-16-18)8-17-6-4-13(19)5-7-17/h2-3,9,13,19H,4-8,10H2,1H3. The van der Waals surface area contributed by atoms with Gasteiger partial charge in [-0.25, -0.2) is 4.68 Å². The first-order valence-electron chi connectivity index (χ1n) is 7.04. The number of aliphatic hydroxyl groups is 1. The molecule has 1 aliphatic rings. The minimum absolute atomic E-state index is 0.135. The molecule has 1 aliphatic heterocycles. The lowest BCUT2D eigenvalue weighted by Gasteiger charge is -2.28. The number of likely N-dealkylation sites (tertiary alicyclic amines) is 1. The zero-order valence-electron chi connectivity index (χ0n) is 11.7. The summed E-state index contributed by atoms with van der Waals surface area (Å²) in [5, 5.41) is 17.8. The summed E-state index contributed by atoms with van der Waals surface area (Å²) in [4.78, 5) is 2.30. The van der Waals surface area contributed by atoms with Gasteiger partial charge in [-0.05, 0) is 31.9 Å². The van der Waals surface area contributed by atoms with E-state index in [1.165, 1.54) is 0 Å². The van der Waals surface area contributed by atoms with Crippen molar-refractivity contribution >= 4 is 0 Å². The molecule has 2 aromatic rings. The highest BCUT2D eigenvalue weighted by Gasteiger charge is 2.18. The lowest BCUT2D eigenvalue weighted by atomic mass is 10.1. The van der Waals surface area contributed by atoms with E-state index >= 15 is 0 Å². The van der Waals surface area contributed by atoms with Crippen LogP contribution < -0.4 is 0 Å². The molecule has 1 N–H and O–H groups in total. The molecule has 2 aromatic heterocycles. The Balaban J connectivity index is 1.56. The molecule has 1 fully saturated rings. The first-order valence-corrected chi connectivity index (χ1v) is 7.04. The van der Waals surface area contributed by atoms with E-state index in [1.807, 2.05) is 25.3 Å². The van der Waals surface area contributed by atoms with Gasteiger partial charge in [0.05, 0.1) is 18.0 Å². The van der Waals surface area contributed by atoms with Crippen LogP contribution in [0.1, 0.15) is 30.1 Å². The third kappa shape index (κ3) is 3.26. The highest BCUT2D eigenvalue weighted by molar-refractivity contribution is 5.06. The van der Waals surface area contributed by atoms with E-state index in [1.54, 1.807) is 4.68 Å². The first kappa shape index (κ1) is 13.3. The molecule has 0 saturated carbocycles. The average molecular weight is 276 g/mol. The molecule has 1 saturated heterocycles. The predicted molar refractivity (Wildman–Crippen MR) is 73.1 cm³/mol. The van der Waals surface area contributed by atoms with Gasteiger partial charge in [0.2, 0.25) is 0 Å². The Kier molecular flexibility index (Phi) is 3.84. The van der Waals surface area contributed by atoms with Crippen LogP contribution >= 0.6 is 0 Å². The number of aliphatic hydroxyl groups excluding tert-OH is 1. The lowest BCUT2D eigenvalue weighted by molar-refractivity contribution is 0.0786. The Morgan fingerprint density at radius 2 is 2.10 bits per heavy atom. The number of hydrogen-bond donors (Lipinski definition) is 1. The quantitative estimate of drug-likeness (QED) is 0.908.